The van der Waals surface area contributed by atoms with Crippen molar-refractivity contribution in [2.24, 2.45) is 5.73 Å². The van der Waals surface area contributed by atoms with Crippen molar-refractivity contribution in [2.45, 2.75) is 13.0 Å². The summed E-state index contributed by atoms with van der Waals surface area (Å²) in [5.41, 5.74) is 13.5. The van der Waals surface area contributed by atoms with Crippen molar-refractivity contribution >= 4 is 17.3 Å². The Balaban J connectivity index is 2.20. The largest absolute Gasteiger partial charge is 0.398 e. The molecular weight excluding hydrogens is 240 g/mol. The van der Waals surface area contributed by atoms with Crippen LogP contribution in [0.15, 0.2) is 42.7 Å². The summed E-state index contributed by atoms with van der Waals surface area (Å²) in [6.07, 6.45) is 3.52. The first-order chi connectivity index (χ1) is 9.08. The Morgan fingerprint density at radius 1 is 1.37 bits per heavy atom. The molecule has 0 aliphatic carbocycles. The van der Waals surface area contributed by atoms with E-state index in [2.05, 4.69) is 10.3 Å². The number of nitrogen functional groups attached to an aromatic ring is 1. The summed E-state index contributed by atoms with van der Waals surface area (Å²) < 4.78 is 0. The van der Waals surface area contributed by atoms with Crippen LogP contribution in [0.25, 0.3) is 0 Å². The number of carbonyl (C=O) groups is 1. The van der Waals surface area contributed by atoms with Gasteiger partial charge in [0.15, 0.2) is 0 Å². The van der Waals surface area contributed by atoms with Gasteiger partial charge in [0.1, 0.15) is 0 Å². The average molecular weight is 256 g/mol. The maximum atomic E-state index is 11.2. The van der Waals surface area contributed by atoms with Crippen LogP contribution in [0.2, 0.25) is 0 Å². The molecule has 0 spiro atoms. The van der Waals surface area contributed by atoms with Crippen molar-refractivity contribution in [1.29, 1.82) is 0 Å². The number of aromatic nitrogens is 1. The first kappa shape index (κ1) is 12.9. The van der Waals surface area contributed by atoms with E-state index in [-0.39, 0.29) is 6.04 Å². The Kier molecular flexibility index (Phi) is 3.66. The van der Waals surface area contributed by atoms with Crippen LogP contribution in [0, 0.1) is 0 Å². The highest BCUT2D eigenvalue weighted by Gasteiger charge is 2.09. The Morgan fingerprint density at radius 2 is 2.16 bits per heavy atom. The van der Waals surface area contributed by atoms with Gasteiger partial charge in [-0.15, -0.1) is 0 Å². The molecule has 0 fully saturated rings. The Labute approximate surface area is 111 Å². The molecule has 0 saturated heterocycles. The first-order valence-electron chi connectivity index (χ1n) is 5.93. The third-order valence-electron chi connectivity index (χ3n) is 2.89. The molecule has 0 bridgehead atoms. The number of anilines is 2. The van der Waals surface area contributed by atoms with Gasteiger partial charge >= 0.3 is 0 Å². The molecule has 0 aliphatic heterocycles. The zero-order chi connectivity index (χ0) is 13.8. The molecule has 0 radical (unpaired) electrons. The number of nitrogens with one attached hydrogen (secondary N) is 1. The quantitative estimate of drug-likeness (QED) is 0.728. The van der Waals surface area contributed by atoms with Crippen molar-refractivity contribution in [2.75, 3.05) is 11.1 Å². The minimum absolute atomic E-state index is 0.0676. The highest BCUT2D eigenvalue weighted by atomic mass is 16.1. The van der Waals surface area contributed by atoms with Gasteiger partial charge in [0.25, 0.3) is 5.91 Å². The summed E-state index contributed by atoms with van der Waals surface area (Å²) in [6, 6.07) is 9.07. The van der Waals surface area contributed by atoms with Gasteiger partial charge in [-0.3, -0.25) is 9.78 Å². The van der Waals surface area contributed by atoms with Crippen LogP contribution in [0.5, 0.6) is 0 Å². The summed E-state index contributed by atoms with van der Waals surface area (Å²) in [7, 11) is 0. The summed E-state index contributed by atoms with van der Waals surface area (Å²) >= 11 is 0. The lowest BCUT2D eigenvalue weighted by molar-refractivity contribution is 0.100. The number of hydrogen-bond acceptors (Lipinski definition) is 4. The maximum Gasteiger partial charge on any atom is 0.250 e. The van der Waals surface area contributed by atoms with E-state index in [1.165, 1.54) is 0 Å². The molecule has 5 heteroatoms. The SMILES string of the molecule is CC(Nc1ccc(N)c(C(N)=O)c1)c1cccnc1. The monoisotopic (exact) mass is 256 g/mol. The molecule has 98 valence electrons. The Hall–Kier alpha value is -2.56. The van der Waals surface area contributed by atoms with Crippen molar-refractivity contribution in [3.8, 4) is 0 Å². The Bertz CT molecular complexity index is 583. The Morgan fingerprint density at radius 3 is 2.79 bits per heavy atom. The van der Waals surface area contributed by atoms with Crippen LogP contribution in [0.3, 0.4) is 0 Å². The van der Waals surface area contributed by atoms with Crippen LogP contribution in [-0.4, -0.2) is 10.9 Å². The summed E-state index contributed by atoms with van der Waals surface area (Å²) in [4.78, 5) is 15.3. The van der Waals surface area contributed by atoms with Crippen LogP contribution < -0.4 is 16.8 Å². The van der Waals surface area contributed by atoms with Gasteiger partial charge in [-0.1, -0.05) is 6.07 Å². The fourth-order valence-electron chi connectivity index (χ4n) is 1.82. The van der Waals surface area contributed by atoms with E-state index < -0.39 is 5.91 Å². The number of carbonyl (C=O) groups excluding carboxylic acids is 1. The molecule has 0 saturated carbocycles. The molecule has 5 nitrogen and oxygen atoms in total. The second-order valence-corrected chi connectivity index (χ2v) is 4.32. The smallest absolute Gasteiger partial charge is 0.250 e. The second-order valence-electron chi connectivity index (χ2n) is 4.32. The van der Waals surface area contributed by atoms with E-state index in [4.69, 9.17) is 11.5 Å². The third kappa shape index (κ3) is 3.01. The number of nitrogens with zero attached hydrogens (tertiary/aromatic N) is 1. The number of primary amides is 1. The molecule has 1 aromatic carbocycles. The van der Waals surface area contributed by atoms with Crippen LogP contribution in [0.1, 0.15) is 28.9 Å². The zero-order valence-electron chi connectivity index (χ0n) is 10.6. The van der Waals surface area contributed by atoms with E-state index in [1.807, 2.05) is 25.1 Å². The van der Waals surface area contributed by atoms with Gasteiger partial charge in [0.05, 0.1) is 11.6 Å². The van der Waals surface area contributed by atoms with Gasteiger partial charge < -0.3 is 16.8 Å². The number of hydrogen-bond donors (Lipinski definition) is 3. The molecule has 0 aliphatic rings. The van der Waals surface area contributed by atoms with E-state index in [0.717, 1.165) is 11.3 Å². The van der Waals surface area contributed by atoms with Gasteiger partial charge in [-0.05, 0) is 36.8 Å². The van der Waals surface area contributed by atoms with Gasteiger partial charge in [-0.25, -0.2) is 0 Å². The fourth-order valence-corrected chi connectivity index (χ4v) is 1.82. The predicted molar refractivity (Wildman–Crippen MR) is 75.6 cm³/mol. The zero-order valence-corrected chi connectivity index (χ0v) is 10.6. The normalized spacial score (nSPS) is 11.8. The third-order valence-corrected chi connectivity index (χ3v) is 2.89. The standard InChI is InChI=1S/C14H16N4O/c1-9(10-3-2-6-17-8-10)18-11-4-5-13(15)12(7-11)14(16)19/h2-9,18H,15H2,1H3,(H2,16,19). The number of benzene rings is 1. The van der Waals surface area contributed by atoms with E-state index in [9.17, 15) is 4.79 Å². The van der Waals surface area contributed by atoms with E-state index in [1.54, 1.807) is 24.5 Å². The molecule has 1 atom stereocenters. The topological polar surface area (TPSA) is 94.0 Å². The minimum Gasteiger partial charge on any atom is -0.398 e. The van der Waals surface area contributed by atoms with Crippen molar-refractivity contribution in [3.05, 3.63) is 53.9 Å². The molecule has 2 aromatic rings. The molecule has 1 heterocycles. The lowest BCUT2D eigenvalue weighted by atomic mass is 10.1. The summed E-state index contributed by atoms with van der Waals surface area (Å²) in [5.74, 6) is -0.532. The first-order valence-corrected chi connectivity index (χ1v) is 5.93. The number of rotatable bonds is 4. The van der Waals surface area contributed by atoms with E-state index >= 15 is 0 Å². The molecule has 1 amide bonds. The number of nitrogens with two attached hydrogens (primary N) is 2. The molecule has 5 N–H and O–H groups in total. The van der Waals surface area contributed by atoms with Crippen molar-refractivity contribution in [3.63, 3.8) is 0 Å². The summed E-state index contributed by atoms with van der Waals surface area (Å²) in [5, 5.41) is 3.28. The number of pyridine rings is 1. The highest BCUT2D eigenvalue weighted by molar-refractivity contribution is 5.98. The molecule has 1 aromatic heterocycles. The fraction of sp³-hybridized carbons (Fsp3) is 0.143. The highest BCUT2D eigenvalue weighted by Crippen LogP contribution is 2.22. The molecular formula is C14H16N4O. The summed E-state index contributed by atoms with van der Waals surface area (Å²) in [6.45, 7) is 2.01. The minimum atomic E-state index is -0.532. The molecule has 19 heavy (non-hydrogen) atoms. The lowest BCUT2D eigenvalue weighted by Crippen LogP contribution is -2.14. The van der Waals surface area contributed by atoms with E-state index in [0.29, 0.717) is 11.3 Å². The van der Waals surface area contributed by atoms with Crippen LogP contribution in [0.4, 0.5) is 11.4 Å². The van der Waals surface area contributed by atoms with Gasteiger partial charge in [-0.2, -0.15) is 0 Å². The van der Waals surface area contributed by atoms with Gasteiger partial charge in [0.2, 0.25) is 0 Å². The molecule has 2 rings (SSSR count). The second kappa shape index (κ2) is 5.39. The van der Waals surface area contributed by atoms with Crippen LogP contribution >= 0.6 is 0 Å². The predicted octanol–water partition coefficient (Wildman–Crippen LogP) is 1.94. The lowest BCUT2D eigenvalue weighted by Gasteiger charge is -2.16. The van der Waals surface area contributed by atoms with Crippen LogP contribution in [-0.2, 0) is 0 Å². The average Bonchev–Trinajstić information content (AvgIpc) is 2.41. The van der Waals surface area contributed by atoms with Crippen molar-refractivity contribution in [1.82, 2.24) is 4.98 Å². The number of amides is 1. The van der Waals surface area contributed by atoms with Crippen molar-refractivity contribution < 1.29 is 4.79 Å². The maximum absolute atomic E-state index is 11.2. The van der Waals surface area contributed by atoms with Gasteiger partial charge in [0, 0.05) is 23.8 Å². The molecule has 1 unspecified atom stereocenters.